The number of aliphatic hydroxyl groups is 2. The van der Waals surface area contributed by atoms with Gasteiger partial charge in [0.1, 0.15) is 60.1 Å². The summed E-state index contributed by atoms with van der Waals surface area (Å²) >= 11 is 0. The number of nitrogens with two attached hydrogens (primary N) is 3. The summed E-state index contributed by atoms with van der Waals surface area (Å²) in [4.78, 5) is 136. The summed E-state index contributed by atoms with van der Waals surface area (Å²) in [5, 5.41) is 58.0. The highest BCUT2D eigenvalue weighted by Gasteiger charge is 2.37. The topological polar surface area (TPSA) is 442 Å². The predicted octanol–water partition coefficient (Wildman–Crippen LogP) is -6.01. The standard InChI is InChI=1S/C43H69N13O14/c1-6-21(2)33(41(68)53-29(19-57)39(66)49-24(5)35(62)51-27(9-7-15-47-43(45)46)37(64)54-30(20-58)42(69)70)55-38(65)28(17-25-11-13-26(59)14-12-25)52-36(63)23(4)48-34(61)22(3)50-40(67)31-10-8-16-56(31)32(60)18-44/h11-14,21-24,27-31,33,57-59H,6-10,15-20,44H2,1-5H3,(H,48,61)(H,49,66)(H,50,67)(H,51,62)(H,52,63)(H,53,68)(H,54,64)(H,55,65)(H,69,70)(H4,45,46,47)/t21-,22-,23-,24-,27-,28-,29-,30-,31-,33-/m0/s1. The van der Waals surface area contributed by atoms with Gasteiger partial charge in [0.15, 0.2) is 5.96 Å². The molecule has 0 bridgehead atoms. The van der Waals surface area contributed by atoms with Crippen LogP contribution in [0.3, 0.4) is 0 Å². The average molecular weight is 992 g/mol. The fourth-order valence-electron chi connectivity index (χ4n) is 6.93. The lowest BCUT2D eigenvalue weighted by molar-refractivity contribution is -0.143. The number of aromatic hydroxyl groups is 1. The van der Waals surface area contributed by atoms with E-state index in [0.717, 1.165) is 0 Å². The van der Waals surface area contributed by atoms with E-state index < -0.39 is 133 Å². The number of likely N-dealkylation sites (tertiary alicyclic amines) is 1. The molecule has 1 heterocycles. The van der Waals surface area contributed by atoms with Crippen molar-refractivity contribution >= 4 is 65.1 Å². The number of hydrogen-bond donors (Lipinski definition) is 15. The van der Waals surface area contributed by atoms with E-state index in [9.17, 15) is 68.4 Å². The SMILES string of the molecule is CC[C@H](C)[C@H](NC(=O)[C@H](Cc1ccc(O)cc1)NC(=O)[C@H](C)NC(=O)[C@H](C)NC(=O)[C@@H]1CCCN1C(=O)CN)C(=O)N[C@@H](CO)C(=O)N[C@@H](C)C(=O)N[C@@H](CCCN=C(N)N)C(=O)N[C@@H](CO)C(=O)O. The molecule has 9 amide bonds. The zero-order chi connectivity index (χ0) is 52.8. The van der Waals surface area contributed by atoms with E-state index in [2.05, 4.69) is 47.5 Å². The number of carboxylic acid groups (broad SMARTS) is 1. The van der Waals surface area contributed by atoms with Crippen LogP contribution in [0, 0.1) is 5.92 Å². The number of benzene rings is 1. The average Bonchev–Trinajstić information content (AvgIpc) is 3.82. The van der Waals surface area contributed by atoms with Crippen molar-refractivity contribution in [3.8, 4) is 5.75 Å². The first-order chi connectivity index (χ1) is 33.0. The van der Waals surface area contributed by atoms with Crippen molar-refractivity contribution in [3.63, 3.8) is 0 Å². The number of carbonyl (C=O) groups is 10. The molecular weight excluding hydrogens is 923 g/mol. The Balaban J connectivity index is 2.21. The summed E-state index contributed by atoms with van der Waals surface area (Å²) in [5.41, 5.74) is 16.6. The zero-order valence-electron chi connectivity index (χ0n) is 39.9. The van der Waals surface area contributed by atoms with E-state index in [0.29, 0.717) is 31.4 Å². The fourth-order valence-corrected chi connectivity index (χ4v) is 6.93. The van der Waals surface area contributed by atoms with E-state index >= 15 is 0 Å². The van der Waals surface area contributed by atoms with Gasteiger partial charge in [0.2, 0.25) is 53.2 Å². The minimum atomic E-state index is -1.70. The second kappa shape index (κ2) is 29.0. The second-order valence-corrected chi connectivity index (χ2v) is 16.8. The van der Waals surface area contributed by atoms with Gasteiger partial charge in [-0.05, 0) is 70.1 Å². The smallest absolute Gasteiger partial charge is 0.328 e. The number of phenols is 1. The first kappa shape index (κ1) is 59.0. The van der Waals surface area contributed by atoms with Crippen LogP contribution >= 0.6 is 0 Å². The van der Waals surface area contributed by atoms with Crippen LogP contribution in [0.4, 0.5) is 0 Å². The molecule has 2 rings (SSSR count). The largest absolute Gasteiger partial charge is 0.508 e. The summed E-state index contributed by atoms with van der Waals surface area (Å²) in [5.74, 6) is -9.88. The summed E-state index contributed by atoms with van der Waals surface area (Å²) in [6.45, 7) is 5.39. The molecule has 27 heteroatoms. The number of guanidine groups is 1. The number of nitrogens with zero attached hydrogens (tertiary/aromatic N) is 2. The van der Waals surface area contributed by atoms with Gasteiger partial charge < -0.3 is 85.1 Å². The van der Waals surface area contributed by atoms with Crippen molar-refractivity contribution in [2.45, 2.75) is 128 Å². The Labute approximate surface area is 404 Å². The van der Waals surface area contributed by atoms with Gasteiger partial charge in [-0.2, -0.15) is 0 Å². The van der Waals surface area contributed by atoms with Crippen LogP contribution in [-0.2, 0) is 54.4 Å². The molecule has 0 saturated carbocycles. The van der Waals surface area contributed by atoms with Gasteiger partial charge in [0.05, 0.1) is 19.8 Å². The Bertz CT molecular complexity index is 2040. The van der Waals surface area contributed by atoms with Crippen LogP contribution in [0.15, 0.2) is 29.3 Å². The highest BCUT2D eigenvalue weighted by molar-refractivity contribution is 5.98. The summed E-state index contributed by atoms with van der Waals surface area (Å²) in [7, 11) is 0. The van der Waals surface area contributed by atoms with E-state index in [4.69, 9.17) is 17.2 Å². The summed E-state index contributed by atoms with van der Waals surface area (Å²) < 4.78 is 0. The molecule has 1 aliphatic heterocycles. The van der Waals surface area contributed by atoms with E-state index in [1.807, 2.05) is 0 Å². The van der Waals surface area contributed by atoms with Crippen molar-refractivity contribution in [2.24, 2.45) is 28.1 Å². The number of carbonyl (C=O) groups excluding carboxylic acids is 9. The number of aliphatic hydroxyl groups excluding tert-OH is 2. The van der Waals surface area contributed by atoms with Crippen LogP contribution in [0.25, 0.3) is 0 Å². The number of rotatable bonds is 28. The third-order valence-corrected chi connectivity index (χ3v) is 11.3. The maximum atomic E-state index is 14.1. The first-order valence-electron chi connectivity index (χ1n) is 22.7. The van der Waals surface area contributed by atoms with Gasteiger partial charge in [-0.1, -0.05) is 32.4 Å². The van der Waals surface area contributed by atoms with E-state index in [-0.39, 0.29) is 44.1 Å². The number of phenolic OH excluding ortho intramolecular Hbond substituents is 1. The molecule has 27 nitrogen and oxygen atoms in total. The van der Waals surface area contributed by atoms with Gasteiger partial charge >= 0.3 is 5.97 Å². The first-order valence-corrected chi connectivity index (χ1v) is 22.7. The molecule has 1 fully saturated rings. The van der Waals surface area contributed by atoms with E-state index in [1.165, 1.54) is 49.9 Å². The summed E-state index contributed by atoms with van der Waals surface area (Å²) in [6.07, 6.45) is 1.08. The molecule has 10 atom stereocenters. The molecule has 1 aliphatic rings. The quantitative estimate of drug-likeness (QED) is 0.0211. The minimum Gasteiger partial charge on any atom is -0.508 e. The maximum Gasteiger partial charge on any atom is 0.328 e. The van der Waals surface area contributed by atoms with Crippen molar-refractivity contribution < 1.29 is 68.4 Å². The molecular formula is C43H69N13O14. The van der Waals surface area contributed by atoms with Crippen LogP contribution < -0.4 is 59.7 Å². The highest BCUT2D eigenvalue weighted by atomic mass is 16.4. The normalized spacial score (nSPS) is 17.0. The number of nitrogens with one attached hydrogen (secondary N) is 8. The number of carboxylic acids is 1. The van der Waals surface area contributed by atoms with Crippen molar-refractivity contribution in [1.82, 2.24) is 47.4 Å². The Morgan fingerprint density at radius 3 is 1.73 bits per heavy atom. The van der Waals surface area contributed by atoms with Crippen LogP contribution in [0.1, 0.15) is 72.3 Å². The number of aliphatic carboxylic acids is 1. The molecule has 0 spiro atoms. The molecule has 1 saturated heterocycles. The van der Waals surface area contributed by atoms with Crippen molar-refractivity contribution in [3.05, 3.63) is 29.8 Å². The number of aliphatic imine (C=N–C) groups is 1. The highest BCUT2D eigenvalue weighted by Crippen LogP contribution is 2.18. The number of amides is 9. The molecule has 0 radical (unpaired) electrons. The molecule has 18 N–H and O–H groups in total. The van der Waals surface area contributed by atoms with Crippen LogP contribution in [-0.4, -0.2) is 178 Å². The number of hydrogen-bond acceptors (Lipinski definition) is 15. The van der Waals surface area contributed by atoms with Gasteiger partial charge in [-0.15, -0.1) is 0 Å². The Morgan fingerprint density at radius 1 is 0.686 bits per heavy atom. The lowest BCUT2D eigenvalue weighted by atomic mass is 9.96. The molecule has 1 aromatic carbocycles. The molecule has 0 aromatic heterocycles. The minimum absolute atomic E-state index is 0.0325. The molecule has 70 heavy (non-hydrogen) atoms. The molecule has 1 aromatic rings. The fraction of sp³-hybridized carbons (Fsp3) is 0.605. The molecule has 0 unspecified atom stereocenters. The predicted molar refractivity (Wildman–Crippen MR) is 249 cm³/mol. The van der Waals surface area contributed by atoms with Crippen LogP contribution in [0.2, 0.25) is 0 Å². The van der Waals surface area contributed by atoms with Crippen LogP contribution in [0.5, 0.6) is 5.75 Å². The third kappa shape index (κ3) is 18.8. The van der Waals surface area contributed by atoms with Crippen molar-refractivity contribution in [2.75, 3.05) is 32.8 Å². The lowest BCUT2D eigenvalue weighted by Crippen LogP contribution is -2.61. The zero-order valence-corrected chi connectivity index (χ0v) is 39.9. The molecule has 0 aliphatic carbocycles. The monoisotopic (exact) mass is 992 g/mol. The Morgan fingerprint density at radius 2 is 1.19 bits per heavy atom. The Kier molecular flexibility index (Phi) is 24.5. The Hall–Kier alpha value is -7.13. The van der Waals surface area contributed by atoms with Gasteiger partial charge in [-0.3, -0.25) is 48.1 Å². The lowest BCUT2D eigenvalue weighted by Gasteiger charge is -2.29. The van der Waals surface area contributed by atoms with Crippen molar-refractivity contribution in [1.29, 1.82) is 0 Å². The maximum absolute atomic E-state index is 14.1. The third-order valence-electron chi connectivity index (χ3n) is 11.3. The second-order valence-electron chi connectivity index (χ2n) is 16.8. The summed E-state index contributed by atoms with van der Waals surface area (Å²) in [6, 6.07) is -6.55. The van der Waals surface area contributed by atoms with Gasteiger partial charge in [0.25, 0.3) is 0 Å². The van der Waals surface area contributed by atoms with Gasteiger partial charge in [0, 0.05) is 19.5 Å². The molecule has 390 valence electrons. The van der Waals surface area contributed by atoms with E-state index in [1.54, 1.807) is 13.8 Å². The van der Waals surface area contributed by atoms with Gasteiger partial charge in [-0.25, -0.2) is 4.79 Å².